The minimum absolute atomic E-state index is 0.0158. The summed E-state index contributed by atoms with van der Waals surface area (Å²) in [5.41, 5.74) is 10.6. The molecule has 10 rings (SSSR count). The highest BCUT2D eigenvalue weighted by atomic mass is 16.3. The zero-order valence-electron chi connectivity index (χ0n) is 21.5. The van der Waals surface area contributed by atoms with Crippen molar-refractivity contribution in [2.24, 2.45) is 0 Å². The molecule has 0 saturated heterocycles. The predicted molar refractivity (Wildman–Crippen MR) is 168 cm³/mol. The van der Waals surface area contributed by atoms with Crippen molar-refractivity contribution in [3.05, 3.63) is 127 Å². The fraction of sp³-hybridized carbons (Fsp3) is 0. The highest BCUT2D eigenvalue weighted by Gasteiger charge is 2.36. The van der Waals surface area contributed by atoms with Crippen LogP contribution in [0.4, 0.5) is 0 Å². The Morgan fingerprint density at radius 2 is 1.07 bits per heavy atom. The van der Waals surface area contributed by atoms with E-state index >= 15 is 0 Å². The molecule has 4 heterocycles. The number of hydrogen-bond donors (Lipinski definition) is 0. The van der Waals surface area contributed by atoms with Crippen molar-refractivity contribution in [3.8, 4) is 5.69 Å². The summed E-state index contributed by atoms with van der Waals surface area (Å²) in [7, 11) is 0. The van der Waals surface area contributed by atoms with E-state index in [-0.39, 0.29) is 6.85 Å². The lowest BCUT2D eigenvalue weighted by molar-refractivity contribution is 0.671. The molecule has 0 saturated carbocycles. The van der Waals surface area contributed by atoms with E-state index in [1.54, 1.807) is 0 Å². The first-order chi connectivity index (χ1) is 19.9. The van der Waals surface area contributed by atoms with E-state index in [4.69, 9.17) is 4.42 Å². The van der Waals surface area contributed by atoms with E-state index in [0.717, 1.165) is 27.5 Å². The molecular formula is C36H21BN2O. The Kier molecular flexibility index (Phi) is 3.75. The molecular weight excluding hydrogens is 487 g/mol. The number of rotatable bonds is 1. The minimum atomic E-state index is -0.0158. The average Bonchev–Trinajstić information content (AvgIpc) is 3.67. The van der Waals surface area contributed by atoms with Crippen LogP contribution in [0.1, 0.15) is 0 Å². The highest BCUT2D eigenvalue weighted by molar-refractivity contribution is 6.88. The summed E-state index contributed by atoms with van der Waals surface area (Å²) in [6, 6.07) is 46.2. The van der Waals surface area contributed by atoms with Crippen LogP contribution in [0.2, 0.25) is 0 Å². The van der Waals surface area contributed by atoms with Gasteiger partial charge in [0.2, 0.25) is 0 Å². The smallest absolute Gasteiger partial charge is 0.332 e. The first kappa shape index (κ1) is 20.7. The molecule has 3 aromatic heterocycles. The van der Waals surface area contributed by atoms with E-state index in [2.05, 4.69) is 130 Å². The molecule has 184 valence electrons. The van der Waals surface area contributed by atoms with Crippen LogP contribution in [0, 0.1) is 0 Å². The summed E-state index contributed by atoms with van der Waals surface area (Å²) < 4.78 is 11.7. The lowest BCUT2D eigenvalue weighted by Gasteiger charge is -2.28. The average molecular weight is 508 g/mol. The molecule has 0 amide bonds. The first-order valence-corrected chi connectivity index (χ1v) is 13.8. The molecule has 3 nitrogen and oxygen atoms in total. The van der Waals surface area contributed by atoms with Crippen LogP contribution in [0.5, 0.6) is 0 Å². The summed E-state index contributed by atoms with van der Waals surface area (Å²) in [6.07, 6.45) is 0. The van der Waals surface area contributed by atoms with E-state index in [1.807, 2.05) is 6.07 Å². The van der Waals surface area contributed by atoms with Crippen molar-refractivity contribution in [1.82, 2.24) is 9.05 Å². The molecule has 1 aliphatic rings. The number of fused-ring (bicyclic) bond motifs is 12. The Bertz CT molecular complexity index is 2510. The Morgan fingerprint density at radius 3 is 1.98 bits per heavy atom. The quantitative estimate of drug-likeness (QED) is 0.208. The lowest BCUT2D eigenvalue weighted by atomic mass is 9.48. The Balaban J connectivity index is 1.45. The number of nitrogens with zero attached hydrogens (tertiary/aromatic N) is 2. The van der Waals surface area contributed by atoms with Gasteiger partial charge in [0.05, 0.1) is 16.6 Å². The number of aromatic nitrogens is 2. The van der Waals surface area contributed by atoms with Gasteiger partial charge in [0.25, 0.3) is 0 Å². The predicted octanol–water partition coefficient (Wildman–Crippen LogP) is 7.76. The van der Waals surface area contributed by atoms with Crippen LogP contribution in [0.3, 0.4) is 0 Å². The van der Waals surface area contributed by atoms with Gasteiger partial charge in [-0.15, -0.1) is 0 Å². The SMILES string of the molecule is c1ccc2c(c1)B(n1c3ccccc3c3ccc4c5ccccc5oc4c31)c1cccc3c4ccccc4n-2c13. The van der Waals surface area contributed by atoms with E-state index in [1.165, 1.54) is 54.7 Å². The topological polar surface area (TPSA) is 23.0 Å². The van der Waals surface area contributed by atoms with Crippen molar-refractivity contribution in [1.29, 1.82) is 0 Å². The Morgan fingerprint density at radius 1 is 0.450 bits per heavy atom. The fourth-order valence-electron chi connectivity index (χ4n) is 7.42. The number of para-hydroxylation sites is 5. The normalized spacial score (nSPS) is 12.9. The third-order valence-corrected chi connectivity index (χ3v) is 8.97. The molecule has 6 aromatic carbocycles. The van der Waals surface area contributed by atoms with Crippen molar-refractivity contribution in [2.45, 2.75) is 0 Å². The van der Waals surface area contributed by atoms with Crippen molar-refractivity contribution in [2.75, 3.05) is 0 Å². The van der Waals surface area contributed by atoms with Gasteiger partial charge in [-0.3, -0.25) is 0 Å². The van der Waals surface area contributed by atoms with E-state index in [0.29, 0.717) is 0 Å². The van der Waals surface area contributed by atoms with Crippen LogP contribution in [-0.4, -0.2) is 15.9 Å². The lowest BCUT2D eigenvalue weighted by Crippen LogP contribution is -2.53. The molecule has 0 N–H and O–H groups in total. The van der Waals surface area contributed by atoms with Gasteiger partial charge in [0.15, 0.2) is 5.58 Å². The van der Waals surface area contributed by atoms with Gasteiger partial charge in [0.1, 0.15) is 5.58 Å². The molecule has 0 fully saturated rings. The summed E-state index contributed by atoms with van der Waals surface area (Å²) in [5.74, 6) is 0. The van der Waals surface area contributed by atoms with Gasteiger partial charge in [-0.05, 0) is 41.3 Å². The third-order valence-electron chi connectivity index (χ3n) is 8.97. The van der Waals surface area contributed by atoms with Crippen LogP contribution in [0.25, 0.3) is 71.2 Å². The van der Waals surface area contributed by atoms with Gasteiger partial charge in [-0.2, -0.15) is 0 Å². The van der Waals surface area contributed by atoms with Crippen LogP contribution >= 0.6 is 0 Å². The van der Waals surface area contributed by atoms with Gasteiger partial charge in [-0.25, -0.2) is 0 Å². The molecule has 9 aromatic rings. The van der Waals surface area contributed by atoms with E-state index in [9.17, 15) is 0 Å². The second-order valence-electron chi connectivity index (χ2n) is 10.9. The second-order valence-corrected chi connectivity index (χ2v) is 10.9. The summed E-state index contributed by atoms with van der Waals surface area (Å²) in [5, 5.41) is 7.36. The van der Waals surface area contributed by atoms with E-state index < -0.39 is 0 Å². The Labute approximate surface area is 229 Å². The number of hydrogen-bond acceptors (Lipinski definition) is 1. The highest BCUT2D eigenvalue weighted by Crippen LogP contribution is 2.40. The monoisotopic (exact) mass is 508 g/mol. The van der Waals surface area contributed by atoms with Gasteiger partial charge >= 0.3 is 6.85 Å². The molecule has 4 heteroatoms. The third kappa shape index (κ3) is 2.39. The maximum atomic E-state index is 6.68. The number of benzene rings is 6. The summed E-state index contributed by atoms with van der Waals surface area (Å²) in [6.45, 7) is -0.0158. The largest absolute Gasteiger partial charge is 0.454 e. The maximum Gasteiger partial charge on any atom is 0.332 e. The first-order valence-electron chi connectivity index (χ1n) is 13.8. The number of furan rings is 1. The van der Waals surface area contributed by atoms with Gasteiger partial charge in [0, 0.05) is 43.5 Å². The Hall–Kier alpha value is -5.22. The fourth-order valence-corrected chi connectivity index (χ4v) is 7.42. The van der Waals surface area contributed by atoms with Crippen LogP contribution < -0.4 is 10.9 Å². The van der Waals surface area contributed by atoms with Crippen molar-refractivity contribution >= 4 is 83.3 Å². The zero-order valence-corrected chi connectivity index (χ0v) is 21.5. The van der Waals surface area contributed by atoms with Gasteiger partial charge < -0.3 is 13.5 Å². The molecule has 0 atom stereocenters. The maximum absolute atomic E-state index is 6.68. The standard InChI is InChI=1S/C36H21BN2O/c1-5-16-30-22(10-1)25-13-9-15-29-34(25)38(30)32-18-7-4-14-28(32)37(29)39-31-17-6-2-11-23(31)26-20-21-27-24-12-3-8-19-33(24)40-36(27)35(26)39/h1-21H. The van der Waals surface area contributed by atoms with Crippen LogP contribution in [0.15, 0.2) is 132 Å². The molecule has 40 heavy (non-hydrogen) atoms. The molecule has 0 radical (unpaired) electrons. The molecule has 0 spiro atoms. The summed E-state index contributed by atoms with van der Waals surface area (Å²) in [4.78, 5) is 0. The van der Waals surface area contributed by atoms with Crippen molar-refractivity contribution < 1.29 is 4.42 Å². The minimum Gasteiger partial charge on any atom is -0.454 e. The molecule has 0 unspecified atom stereocenters. The van der Waals surface area contributed by atoms with Crippen molar-refractivity contribution in [3.63, 3.8) is 0 Å². The second kappa shape index (κ2) is 7.25. The molecule has 0 aliphatic carbocycles. The molecule has 1 aliphatic heterocycles. The van der Waals surface area contributed by atoms with Gasteiger partial charge in [-0.1, -0.05) is 97.1 Å². The van der Waals surface area contributed by atoms with Crippen LogP contribution in [-0.2, 0) is 0 Å². The zero-order chi connectivity index (χ0) is 25.9. The summed E-state index contributed by atoms with van der Waals surface area (Å²) >= 11 is 0. The molecule has 0 bridgehead atoms.